The molecule has 1 aromatic carbocycles. The van der Waals surface area contributed by atoms with Crippen LogP contribution in [0.25, 0.3) is 0 Å². The SMILES string of the molecule is CC[C@H](C)c1ccc(NC(=O)c2ccoc2C)cc1. The molecule has 1 amide bonds. The second-order valence-corrected chi connectivity index (χ2v) is 4.78. The van der Waals surface area contributed by atoms with Gasteiger partial charge in [0.05, 0.1) is 11.8 Å². The molecule has 100 valence electrons. The molecule has 3 heteroatoms. The van der Waals surface area contributed by atoms with Gasteiger partial charge in [-0.15, -0.1) is 0 Å². The van der Waals surface area contributed by atoms with Crippen molar-refractivity contribution in [3.8, 4) is 0 Å². The van der Waals surface area contributed by atoms with E-state index in [1.807, 2.05) is 12.1 Å². The van der Waals surface area contributed by atoms with E-state index in [1.165, 1.54) is 11.8 Å². The van der Waals surface area contributed by atoms with E-state index in [0.717, 1.165) is 12.1 Å². The minimum absolute atomic E-state index is 0.137. The fraction of sp³-hybridized carbons (Fsp3) is 0.312. The predicted octanol–water partition coefficient (Wildman–Crippen LogP) is 4.35. The van der Waals surface area contributed by atoms with Gasteiger partial charge in [-0.3, -0.25) is 4.79 Å². The molecule has 1 aromatic heterocycles. The van der Waals surface area contributed by atoms with Gasteiger partial charge in [-0.1, -0.05) is 26.0 Å². The Bertz CT molecular complexity index is 554. The zero-order valence-corrected chi connectivity index (χ0v) is 11.6. The molecule has 3 nitrogen and oxygen atoms in total. The van der Waals surface area contributed by atoms with E-state index in [2.05, 4.69) is 31.3 Å². The summed E-state index contributed by atoms with van der Waals surface area (Å²) in [6, 6.07) is 9.68. The predicted molar refractivity (Wildman–Crippen MR) is 76.5 cm³/mol. The number of hydrogen-bond donors (Lipinski definition) is 1. The van der Waals surface area contributed by atoms with Crippen LogP contribution >= 0.6 is 0 Å². The van der Waals surface area contributed by atoms with Gasteiger partial charge in [0.2, 0.25) is 0 Å². The second kappa shape index (κ2) is 5.74. The molecule has 0 saturated carbocycles. The lowest BCUT2D eigenvalue weighted by molar-refractivity contribution is 0.102. The van der Waals surface area contributed by atoms with Crippen molar-refractivity contribution in [1.29, 1.82) is 0 Å². The van der Waals surface area contributed by atoms with Crippen molar-refractivity contribution >= 4 is 11.6 Å². The molecule has 0 fully saturated rings. The monoisotopic (exact) mass is 257 g/mol. The van der Waals surface area contributed by atoms with Crippen LogP contribution in [0, 0.1) is 6.92 Å². The molecule has 1 heterocycles. The highest BCUT2D eigenvalue weighted by Crippen LogP contribution is 2.21. The highest BCUT2D eigenvalue weighted by Gasteiger charge is 2.11. The Kier molecular flexibility index (Phi) is 4.05. The maximum atomic E-state index is 12.0. The summed E-state index contributed by atoms with van der Waals surface area (Å²) in [4.78, 5) is 12.0. The number of amides is 1. The molecule has 0 spiro atoms. The zero-order valence-electron chi connectivity index (χ0n) is 11.6. The standard InChI is InChI=1S/C16H19NO2/c1-4-11(2)13-5-7-14(8-6-13)17-16(18)15-9-10-19-12(15)3/h5-11H,4H2,1-3H3,(H,17,18)/t11-/m0/s1. The van der Waals surface area contributed by atoms with Crippen molar-refractivity contribution in [2.75, 3.05) is 5.32 Å². The minimum atomic E-state index is -0.137. The van der Waals surface area contributed by atoms with Crippen LogP contribution in [0.5, 0.6) is 0 Å². The molecular formula is C16H19NO2. The molecule has 0 unspecified atom stereocenters. The highest BCUT2D eigenvalue weighted by atomic mass is 16.3. The number of nitrogens with one attached hydrogen (secondary N) is 1. The third kappa shape index (κ3) is 3.05. The largest absolute Gasteiger partial charge is 0.469 e. The van der Waals surface area contributed by atoms with Crippen molar-refractivity contribution < 1.29 is 9.21 Å². The molecule has 0 aliphatic carbocycles. The van der Waals surface area contributed by atoms with Crippen LogP contribution in [0.1, 0.15) is 47.9 Å². The van der Waals surface area contributed by atoms with Crippen LogP contribution < -0.4 is 5.32 Å². The number of benzene rings is 1. The van der Waals surface area contributed by atoms with Gasteiger partial charge in [0.25, 0.3) is 5.91 Å². The van der Waals surface area contributed by atoms with Crippen molar-refractivity contribution in [2.45, 2.75) is 33.1 Å². The summed E-state index contributed by atoms with van der Waals surface area (Å²) in [6.07, 6.45) is 2.64. The van der Waals surface area contributed by atoms with E-state index in [9.17, 15) is 4.79 Å². The fourth-order valence-electron chi connectivity index (χ4n) is 1.95. The van der Waals surface area contributed by atoms with Crippen LogP contribution in [-0.2, 0) is 0 Å². The van der Waals surface area contributed by atoms with E-state index < -0.39 is 0 Å². The molecule has 1 atom stereocenters. The van der Waals surface area contributed by atoms with Gasteiger partial charge < -0.3 is 9.73 Å². The summed E-state index contributed by atoms with van der Waals surface area (Å²) in [5, 5.41) is 2.87. The van der Waals surface area contributed by atoms with Crippen molar-refractivity contribution in [3.63, 3.8) is 0 Å². The number of carbonyl (C=O) groups is 1. The van der Waals surface area contributed by atoms with Crippen LogP contribution in [0.15, 0.2) is 41.0 Å². The summed E-state index contributed by atoms with van der Waals surface area (Å²) in [7, 11) is 0. The van der Waals surface area contributed by atoms with E-state index in [1.54, 1.807) is 13.0 Å². The molecule has 0 aliphatic rings. The Morgan fingerprint density at radius 3 is 2.47 bits per heavy atom. The Balaban J connectivity index is 2.08. The van der Waals surface area contributed by atoms with Crippen molar-refractivity contribution in [2.24, 2.45) is 0 Å². The first-order valence-corrected chi connectivity index (χ1v) is 6.57. The molecule has 1 N–H and O–H groups in total. The number of hydrogen-bond acceptors (Lipinski definition) is 2. The van der Waals surface area contributed by atoms with Crippen molar-refractivity contribution in [1.82, 2.24) is 0 Å². The second-order valence-electron chi connectivity index (χ2n) is 4.78. The number of carbonyl (C=O) groups excluding carboxylic acids is 1. The average molecular weight is 257 g/mol. The van der Waals surface area contributed by atoms with E-state index in [4.69, 9.17) is 4.42 Å². The summed E-state index contributed by atoms with van der Waals surface area (Å²) in [6.45, 7) is 6.14. The first-order chi connectivity index (χ1) is 9.11. The number of rotatable bonds is 4. The van der Waals surface area contributed by atoms with Gasteiger partial charge in [0, 0.05) is 5.69 Å². The minimum Gasteiger partial charge on any atom is -0.469 e. The highest BCUT2D eigenvalue weighted by molar-refractivity contribution is 6.04. The van der Waals surface area contributed by atoms with Gasteiger partial charge in [0.1, 0.15) is 5.76 Å². The van der Waals surface area contributed by atoms with Crippen molar-refractivity contribution in [3.05, 3.63) is 53.5 Å². The molecule has 0 bridgehead atoms. The van der Waals surface area contributed by atoms with Crippen LogP contribution in [-0.4, -0.2) is 5.91 Å². The average Bonchev–Trinajstić information content (AvgIpc) is 2.85. The normalized spacial score (nSPS) is 12.2. The molecule has 0 saturated heterocycles. The molecule has 0 aliphatic heterocycles. The fourth-order valence-corrected chi connectivity index (χ4v) is 1.95. The number of anilines is 1. The zero-order chi connectivity index (χ0) is 13.8. The number of furan rings is 1. The molecule has 19 heavy (non-hydrogen) atoms. The quantitative estimate of drug-likeness (QED) is 0.884. The topological polar surface area (TPSA) is 42.2 Å². The van der Waals surface area contributed by atoms with Crippen LogP contribution in [0.4, 0.5) is 5.69 Å². The smallest absolute Gasteiger partial charge is 0.259 e. The van der Waals surface area contributed by atoms with Crippen LogP contribution in [0.2, 0.25) is 0 Å². The Morgan fingerprint density at radius 2 is 1.95 bits per heavy atom. The number of aryl methyl sites for hydroxylation is 1. The Hall–Kier alpha value is -2.03. The first kappa shape index (κ1) is 13.4. The molecule has 2 aromatic rings. The van der Waals surface area contributed by atoms with Gasteiger partial charge in [-0.25, -0.2) is 0 Å². The molecule has 2 rings (SSSR count). The van der Waals surface area contributed by atoms with E-state index >= 15 is 0 Å². The van der Waals surface area contributed by atoms with E-state index in [-0.39, 0.29) is 5.91 Å². The maximum absolute atomic E-state index is 12.0. The van der Waals surface area contributed by atoms with Crippen LogP contribution in [0.3, 0.4) is 0 Å². The Morgan fingerprint density at radius 1 is 1.26 bits per heavy atom. The van der Waals surface area contributed by atoms with E-state index in [0.29, 0.717) is 17.2 Å². The third-order valence-electron chi connectivity index (χ3n) is 3.45. The van der Waals surface area contributed by atoms with Gasteiger partial charge in [-0.2, -0.15) is 0 Å². The maximum Gasteiger partial charge on any atom is 0.259 e. The lowest BCUT2D eigenvalue weighted by Crippen LogP contribution is -2.12. The van der Waals surface area contributed by atoms with Gasteiger partial charge in [-0.05, 0) is 43.0 Å². The van der Waals surface area contributed by atoms with Gasteiger partial charge >= 0.3 is 0 Å². The molecule has 0 radical (unpaired) electrons. The summed E-state index contributed by atoms with van der Waals surface area (Å²) < 4.78 is 5.13. The third-order valence-corrected chi connectivity index (χ3v) is 3.45. The lowest BCUT2D eigenvalue weighted by atomic mass is 9.98. The Labute approximate surface area is 113 Å². The summed E-state index contributed by atoms with van der Waals surface area (Å²) >= 11 is 0. The lowest BCUT2D eigenvalue weighted by Gasteiger charge is -2.10. The summed E-state index contributed by atoms with van der Waals surface area (Å²) in [5.41, 5.74) is 2.67. The van der Waals surface area contributed by atoms with Gasteiger partial charge in [0.15, 0.2) is 0 Å². The molecular weight excluding hydrogens is 238 g/mol. The summed E-state index contributed by atoms with van der Waals surface area (Å²) in [5.74, 6) is 1.04. The first-order valence-electron chi connectivity index (χ1n) is 6.57.